The number of fused-ring (bicyclic) bond motifs is 2. The van der Waals surface area contributed by atoms with Crippen molar-refractivity contribution in [3.63, 3.8) is 0 Å². The third-order valence-corrected chi connectivity index (χ3v) is 18.6. The summed E-state index contributed by atoms with van der Waals surface area (Å²) in [5.41, 5.74) is 18.9. The van der Waals surface area contributed by atoms with Gasteiger partial charge in [0, 0.05) is 28.8 Å². The molecule has 0 radical (unpaired) electrons. The molecule has 3 aliphatic carbocycles. The third-order valence-electron chi connectivity index (χ3n) is 17.4. The number of nitrogens with zero attached hydrogens (tertiary/aromatic N) is 1. The molecule has 4 aliphatic rings. The number of hydrogen-bond acceptors (Lipinski definition) is 3. The lowest BCUT2D eigenvalue weighted by Crippen LogP contribution is -2.43. The van der Waals surface area contributed by atoms with Gasteiger partial charge in [0.05, 0.1) is 0 Å². The SMILES string of the molecule is C=C/C=C1/CC/C(=C/C=C/NCC2=C(C=C(C)C)N(/C=C/C3=C(/C=C/C/C=C\C=C/C)C(C)(C)CCC3(C)C)C(C)=C(/C=C(\CC(C)C)C(C)(C)CC)B2c2cc3cc4c(cc3s2)C(C)(C)CCC4(C)C)C(=C)C1=C. The molecule has 1 aromatic heterocycles. The highest BCUT2D eigenvalue weighted by Crippen LogP contribution is 2.51. The lowest BCUT2D eigenvalue weighted by atomic mass is 9.36. The standard InChI is InChI=1S/C71H97BN2S/c1-21-24-25-26-27-28-32-58-59(69(15,16)37-36-68(58,13)14)35-41-74-53(10)62(46-57(42-49(4)5)67(11,12)23-3)72(66-45-56-44-60-61(47-65(56)75-66)71(19,20)39-38-70(60,17)18)63(64(74)43-50(6)7)48-73-40-29-31-55-34-33-54(30-22-2)51(8)52(55)9/h21-22,24-26,28-32,35,40-41,43-47,49,73H,2,8-9,23,27,33-34,36-39,42,48H2,1,3-7,10-20H3/b24-21-,26-25-,32-28+,40-29+,41-35+,54-30-,55-31-,57-46+. The molecule has 0 bridgehead atoms. The second-order valence-electron chi connectivity index (χ2n) is 26.2. The van der Waals surface area contributed by atoms with Crippen molar-refractivity contribution in [2.75, 3.05) is 6.54 Å². The minimum Gasteiger partial charge on any atom is -0.388 e. The van der Waals surface area contributed by atoms with Gasteiger partial charge in [-0.2, -0.15) is 0 Å². The van der Waals surface area contributed by atoms with Gasteiger partial charge < -0.3 is 10.2 Å². The molecule has 0 spiro atoms. The zero-order valence-electron chi connectivity index (χ0n) is 50.1. The number of allylic oxidation sites excluding steroid dienone is 23. The van der Waals surface area contributed by atoms with Crippen LogP contribution in [0.3, 0.4) is 0 Å². The van der Waals surface area contributed by atoms with Gasteiger partial charge in [0.15, 0.2) is 0 Å². The van der Waals surface area contributed by atoms with E-state index in [1.54, 1.807) is 0 Å². The predicted molar refractivity (Wildman–Crippen MR) is 337 cm³/mol. The fourth-order valence-electron chi connectivity index (χ4n) is 11.8. The predicted octanol–water partition coefficient (Wildman–Crippen LogP) is 20.0. The van der Waals surface area contributed by atoms with Crippen molar-refractivity contribution in [1.82, 2.24) is 10.2 Å². The van der Waals surface area contributed by atoms with Crippen LogP contribution < -0.4 is 10.1 Å². The molecule has 2 nitrogen and oxygen atoms in total. The fraction of sp³-hybridized carbons (Fsp3) is 0.465. The summed E-state index contributed by atoms with van der Waals surface area (Å²) in [5.74, 6) is 0.524. The highest BCUT2D eigenvalue weighted by atomic mass is 32.1. The fourth-order valence-corrected chi connectivity index (χ4v) is 13.0. The number of benzene rings is 1. The van der Waals surface area contributed by atoms with Crippen LogP contribution >= 0.6 is 11.3 Å². The molecule has 1 N–H and O–H groups in total. The molecule has 0 amide bonds. The molecule has 1 aliphatic heterocycles. The Morgan fingerprint density at radius 1 is 0.800 bits per heavy atom. The summed E-state index contributed by atoms with van der Waals surface area (Å²) in [4.78, 5) is 2.57. The van der Waals surface area contributed by atoms with Gasteiger partial charge in [-0.15, -0.1) is 11.3 Å². The van der Waals surface area contributed by atoms with Crippen LogP contribution in [0.2, 0.25) is 0 Å². The van der Waals surface area contributed by atoms with Gasteiger partial charge in [0.2, 0.25) is 0 Å². The molecular formula is C71H97BN2S. The highest BCUT2D eigenvalue weighted by molar-refractivity contribution is 7.30. The number of rotatable bonds is 18. The first-order chi connectivity index (χ1) is 35.2. The number of thiophene rings is 1. The molecule has 75 heavy (non-hydrogen) atoms. The average Bonchev–Trinajstić information content (AvgIpc) is 3.76. The Labute approximate surface area is 463 Å². The molecule has 0 saturated heterocycles. The Balaban J connectivity index is 1.64. The van der Waals surface area contributed by atoms with E-state index in [-0.39, 0.29) is 33.8 Å². The van der Waals surface area contributed by atoms with E-state index in [0.29, 0.717) is 12.5 Å². The lowest BCUT2D eigenvalue weighted by Gasteiger charge is -2.42. The van der Waals surface area contributed by atoms with Crippen molar-refractivity contribution < 1.29 is 0 Å². The smallest absolute Gasteiger partial charge is 0.256 e. The minimum atomic E-state index is 0.00367. The first kappa shape index (κ1) is 59.2. The number of nitrogens with one attached hydrogen (secondary N) is 1. The summed E-state index contributed by atoms with van der Waals surface area (Å²) in [6, 6.07) is 7.73. The van der Waals surface area contributed by atoms with Crippen LogP contribution in [0.5, 0.6) is 0 Å². The maximum Gasteiger partial charge on any atom is 0.256 e. The Kier molecular flexibility index (Phi) is 19.0. The van der Waals surface area contributed by atoms with Crippen LogP contribution in [0.15, 0.2) is 196 Å². The van der Waals surface area contributed by atoms with Crippen molar-refractivity contribution in [2.24, 2.45) is 22.2 Å². The van der Waals surface area contributed by atoms with Gasteiger partial charge in [0.25, 0.3) is 6.71 Å². The first-order valence-corrected chi connectivity index (χ1v) is 29.4. The first-order valence-electron chi connectivity index (χ1n) is 28.5. The minimum absolute atomic E-state index is 0.00367. The second kappa shape index (κ2) is 24.1. The summed E-state index contributed by atoms with van der Waals surface area (Å²) in [7, 11) is 0. The largest absolute Gasteiger partial charge is 0.388 e. The molecule has 1 saturated carbocycles. The van der Waals surface area contributed by atoms with Crippen LogP contribution in [0.1, 0.15) is 187 Å². The van der Waals surface area contributed by atoms with Crippen LogP contribution in [-0.2, 0) is 10.8 Å². The molecule has 0 unspecified atom stereocenters. The van der Waals surface area contributed by atoms with E-state index in [2.05, 4.69) is 251 Å². The zero-order valence-corrected chi connectivity index (χ0v) is 50.9. The Morgan fingerprint density at radius 3 is 1.99 bits per heavy atom. The molecule has 6 rings (SSSR count). The Hall–Kier alpha value is -5.06. The van der Waals surface area contributed by atoms with Crippen molar-refractivity contribution >= 4 is 32.9 Å². The highest BCUT2D eigenvalue weighted by Gasteiger charge is 2.41. The summed E-state index contributed by atoms with van der Waals surface area (Å²) < 4.78 is 2.80. The van der Waals surface area contributed by atoms with Gasteiger partial charge in [-0.05, 0) is 227 Å². The molecule has 1 fully saturated rings. The van der Waals surface area contributed by atoms with Gasteiger partial charge in [-0.25, -0.2) is 0 Å². The van der Waals surface area contributed by atoms with Crippen LogP contribution in [0.4, 0.5) is 0 Å². The summed E-state index contributed by atoms with van der Waals surface area (Å²) in [6.07, 6.45) is 43.6. The van der Waals surface area contributed by atoms with E-state index in [1.807, 2.05) is 17.4 Å². The van der Waals surface area contributed by atoms with Crippen molar-refractivity contribution in [3.05, 3.63) is 207 Å². The van der Waals surface area contributed by atoms with E-state index >= 15 is 0 Å². The monoisotopic (exact) mass is 1020 g/mol. The van der Waals surface area contributed by atoms with Crippen molar-refractivity contribution in [1.29, 1.82) is 0 Å². The average molecular weight is 1020 g/mol. The van der Waals surface area contributed by atoms with Gasteiger partial charge >= 0.3 is 0 Å². The van der Waals surface area contributed by atoms with E-state index in [0.717, 1.165) is 56.1 Å². The van der Waals surface area contributed by atoms with Crippen LogP contribution in [0.25, 0.3) is 10.1 Å². The maximum atomic E-state index is 4.47. The molecular weight excluding hydrogens is 924 g/mol. The zero-order chi connectivity index (χ0) is 55.3. The maximum absolute atomic E-state index is 4.47. The van der Waals surface area contributed by atoms with Gasteiger partial charge in [-0.1, -0.05) is 182 Å². The molecule has 4 heteroatoms. The van der Waals surface area contributed by atoms with E-state index in [1.165, 1.54) is 94.6 Å². The van der Waals surface area contributed by atoms with Crippen LogP contribution in [-0.4, -0.2) is 18.2 Å². The molecule has 0 atom stereocenters. The normalized spacial score (nSPS) is 21.6. The summed E-state index contributed by atoms with van der Waals surface area (Å²) >= 11 is 2.02. The quantitative estimate of drug-likeness (QED) is 0.118. The van der Waals surface area contributed by atoms with Gasteiger partial charge in [0.1, 0.15) is 0 Å². The Bertz CT molecular complexity index is 2840. The van der Waals surface area contributed by atoms with Crippen molar-refractivity contribution in [2.45, 2.75) is 186 Å². The van der Waals surface area contributed by atoms with E-state index < -0.39 is 0 Å². The van der Waals surface area contributed by atoms with Gasteiger partial charge in [-0.3, -0.25) is 0 Å². The molecule has 1 aromatic carbocycles. The lowest BCUT2D eigenvalue weighted by molar-refractivity contribution is 0.273. The summed E-state index contributed by atoms with van der Waals surface area (Å²) in [6.45, 7) is 54.2. The summed E-state index contributed by atoms with van der Waals surface area (Å²) in [5, 5.41) is 5.28. The van der Waals surface area contributed by atoms with Crippen LogP contribution in [0, 0.1) is 22.2 Å². The van der Waals surface area contributed by atoms with E-state index in [4.69, 9.17) is 0 Å². The molecule has 2 aromatic rings. The third kappa shape index (κ3) is 13.6. The van der Waals surface area contributed by atoms with E-state index in [9.17, 15) is 0 Å². The second-order valence-corrected chi connectivity index (χ2v) is 27.3. The number of hydrogen-bond donors (Lipinski definition) is 1. The van der Waals surface area contributed by atoms with Crippen molar-refractivity contribution in [3.8, 4) is 0 Å². The molecule has 2 heterocycles. The molecule has 400 valence electrons. The Morgan fingerprint density at radius 2 is 1.40 bits per heavy atom. The topological polar surface area (TPSA) is 15.3 Å².